The molecule has 1 aromatic carbocycles. The van der Waals surface area contributed by atoms with Gasteiger partial charge >= 0.3 is 11.9 Å². The van der Waals surface area contributed by atoms with Gasteiger partial charge in [0.2, 0.25) is 0 Å². The second kappa shape index (κ2) is 4.20. The van der Waals surface area contributed by atoms with Crippen molar-refractivity contribution < 1.29 is 19.4 Å². The van der Waals surface area contributed by atoms with Crippen LogP contribution in [-0.2, 0) is 14.9 Å². The summed E-state index contributed by atoms with van der Waals surface area (Å²) in [5.41, 5.74) is 0.293. The Kier molecular flexibility index (Phi) is 2.88. The smallest absolute Gasteiger partial charge is 0.337 e. The number of carbonyl (C=O) groups excluding carboxylic acids is 1. The van der Waals surface area contributed by atoms with Crippen molar-refractivity contribution in [1.29, 1.82) is 0 Å². The molecule has 0 bridgehead atoms. The molecule has 4 heteroatoms. The largest absolute Gasteiger partial charge is 0.481 e. The Labute approximate surface area is 99.2 Å². The van der Waals surface area contributed by atoms with E-state index in [4.69, 9.17) is 0 Å². The molecule has 17 heavy (non-hydrogen) atoms. The Balaban J connectivity index is 2.39. The first-order valence-electron chi connectivity index (χ1n) is 5.52. The maximum absolute atomic E-state index is 11.4. The van der Waals surface area contributed by atoms with E-state index in [-0.39, 0.29) is 0 Å². The van der Waals surface area contributed by atoms with Crippen LogP contribution in [0.25, 0.3) is 0 Å². The molecule has 0 unspecified atom stereocenters. The lowest BCUT2D eigenvalue weighted by atomic mass is 9.64. The average Bonchev–Trinajstić information content (AvgIpc) is 2.26. The highest BCUT2D eigenvalue weighted by atomic mass is 16.5. The van der Waals surface area contributed by atoms with Crippen molar-refractivity contribution in [2.24, 2.45) is 0 Å². The molecule has 0 saturated heterocycles. The van der Waals surface area contributed by atoms with Gasteiger partial charge in [-0.15, -0.1) is 0 Å². The van der Waals surface area contributed by atoms with Crippen molar-refractivity contribution in [3.8, 4) is 0 Å². The lowest BCUT2D eigenvalue weighted by Crippen LogP contribution is -2.42. The molecule has 0 amide bonds. The number of ether oxygens (including phenoxy) is 1. The number of carboxylic acids is 1. The van der Waals surface area contributed by atoms with E-state index in [1.165, 1.54) is 7.11 Å². The first kappa shape index (κ1) is 11.6. The number of carboxylic acid groups (broad SMARTS) is 1. The predicted molar refractivity (Wildman–Crippen MR) is 60.9 cm³/mol. The maximum Gasteiger partial charge on any atom is 0.337 e. The quantitative estimate of drug-likeness (QED) is 0.812. The van der Waals surface area contributed by atoms with E-state index in [9.17, 15) is 14.7 Å². The van der Waals surface area contributed by atoms with Crippen LogP contribution in [-0.4, -0.2) is 24.2 Å². The van der Waals surface area contributed by atoms with Crippen molar-refractivity contribution in [3.63, 3.8) is 0 Å². The second-order valence-corrected chi connectivity index (χ2v) is 4.31. The number of hydrogen-bond donors (Lipinski definition) is 1. The fourth-order valence-corrected chi connectivity index (χ4v) is 2.22. The highest BCUT2D eigenvalue weighted by Gasteiger charge is 2.46. The fourth-order valence-electron chi connectivity index (χ4n) is 2.22. The topological polar surface area (TPSA) is 63.6 Å². The number of benzene rings is 1. The number of carbonyl (C=O) groups is 2. The molecule has 0 aromatic heterocycles. The van der Waals surface area contributed by atoms with Crippen LogP contribution in [0.4, 0.5) is 0 Å². The summed E-state index contributed by atoms with van der Waals surface area (Å²) in [6.45, 7) is 0. The molecule has 1 fully saturated rings. The molecular formula is C13H14O4. The predicted octanol–water partition coefficient (Wildman–Crippen LogP) is 1.98. The number of methoxy groups -OCH3 is 1. The van der Waals surface area contributed by atoms with E-state index >= 15 is 0 Å². The first-order chi connectivity index (χ1) is 8.10. The average molecular weight is 234 g/mol. The molecule has 4 nitrogen and oxygen atoms in total. The number of rotatable bonds is 3. The molecule has 1 aromatic rings. The normalized spacial score (nSPS) is 17.0. The van der Waals surface area contributed by atoms with Crippen molar-refractivity contribution in [1.82, 2.24) is 0 Å². The van der Waals surface area contributed by atoms with Crippen LogP contribution in [0.2, 0.25) is 0 Å². The van der Waals surface area contributed by atoms with Crippen LogP contribution in [0.15, 0.2) is 24.3 Å². The Hall–Kier alpha value is -1.84. The molecule has 0 spiro atoms. The molecule has 0 aliphatic heterocycles. The summed E-state index contributed by atoms with van der Waals surface area (Å²) >= 11 is 0. The SMILES string of the molecule is COC(=O)c1cccc(C2(C(=O)O)CCC2)c1. The van der Waals surface area contributed by atoms with E-state index < -0.39 is 17.4 Å². The van der Waals surface area contributed by atoms with Gasteiger partial charge in [-0.2, -0.15) is 0 Å². The molecule has 1 aliphatic rings. The zero-order valence-electron chi connectivity index (χ0n) is 9.60. The molecule has 0 heterocycles. The van der Waals surface area contributed by atoms with Crippen LogP contribution < -0.4 is 0 Å². The van der Waals surface area contributed by atoms with E-state index in [1.807, 2.05) is 0 Å². The standard InChI is InChI=1S/C13H14O4/c1-17-11(14)9-4-2-5-10(8-9)13(12(15)16)6-3-7-13/h2,4-5,8H,3,6-7H2,1H3,(H,15,16). The molecular weight excluding hydrogens is 220 g/mol. The highest BCUT2D eigenvalue weighted by molar-refractivity contribution is 5.90. The number of esters is 1. The zero-order valence-corrected chi connectivity index (χ0v) is 9.60. The van der Waals surface area contributed by atoms with Gasteiger partial charge < -0.3 is 9.84 Å². The third-order valence-corrected chi connectivity index (χ3v) is 3.45. The highest BCUT2D eigenvalue weighted by Crippen LogP contribution is 2.44. The number of aliphatic carboxylic acids is 1. The Morgan fingerprint density at radius 1 is 1.35 bits per heavy atom. The first-order valence-corrected chi connectivity index (χ1v) is 5.52. The third kappa shape index (κ3) is 1.79. The summed E-state index contributed by atoms with van der Waals surface area (Å²) in [6, 6.07) is 6.72. The van der Waals surface area contributed by atoms with E-state index in [2.05, 4.69) is 4.74 Å². The Bertz CT molecular complexity index is 460. The Morgan fingerprint density at radius 2 is 2.06 bits per heavy atom. The van der Waals surface area contributed by atoms with Crippen LogP contribution >= 0.6 is 0 Å². The molecule has 0 atom stereocenters. The van der Waals surface area contributed by atoms with Crippen molar-refractivity contribution in [2.75, 3.05) is 7.11 Å². The lowest BCUT2D eigenvalue weighted by molar-refractivity contribution is -0.147. The van der Waals surface area contributed by atoms with Gasteiger partial charge in [0.15, 0.2) is 0 Å². The molecule has 1 aliphatic carbocycles. The van der Waals surface area contributed by atoms with Gasteiger partial charge in [0.05, 0.1) is 18.1 Å². The molecule has 0 radical (unpaired) electrons. The summed E-state index contributed by atoms with van der Waals surface area (Å²) in [4.78, 5) is 22.7. The second-order valence-electron chi connectivity index (χ2n) is 4.31. The minimum Gasteiger partial charge on any atom is -0.481 e. The van der Waals surface area contributed by atoms with Gasteiger partial charge in [-0.1, -0.05) is 18.6 Å². The van der Waals surface area contributed by atoms with Crippen LogP contribution in [0.3, 0.4) is 0 Å². The fraction of sp³-hybridized carbons (Fsp3) is 0.385. The molecule has 2 rings (SSSR count). The summed E-state index contributed by atoms with van der Waals surface area (Å²) in [6.07, 6.45) is 2.18. The van der Waals surface area contributed by atoms with Crippen LogP contribution in [0, 0.1) is 0 Å². The summed E-state index contributed by atoms with van der Waals surface area (Å²) in [5.74, 6) is -1.25. The van der Waals surface area contributed by atoms with Crippen molar-refractivity contribution in [2.45, 2.75) is 24.7 Å². The lowest BCUT2D eigenvalue weighted by Gasteiger charge is -2.38. The van der Waals surface area contributed by atoms with Gasteiger partial charge in [-0.3, -0.25) is 4.79 Å². The van der Waals surface area contributed by atoms with Gasteiger partial charge in [0.1, 0.15) is 0 Å². The van der Waals surface area contributed by atoms with Crippen LogP contribution in [0.5, 0.6) is 0 Å². The molecule has 1 N–H and O–H groups in total. The summed E-state index contributed by atoms with van der Waals surface area (Å²) in [7, 11) is 1.31. The third-order valence-electron chi connectivity index (χ3n) is 3.45. The van der Waals surface area contributed by atoms with E-state index in [0.29, 0.717) is 24.0 Å². The van der Waals surface area contributed by atoms with Crippen LogP contribution in [0.1, 0.15) is 35.2 Å². The minimum absolute atomic E-state index is 0.400. The maximum atomic E-state index is 11.4. The van der Waals surface area contributed by atoms with E-state index in [1.54, 1.807) is 24.3 Å². The monoisotopic (exact) mass is 234 g/mol. The molecule has 90 valence electrons. The summed E-state index contributed by atoms with van der Waals surface area (Å²) in [5, 5.41) is 9.31. The van der Waals surface area contributed by atoms with Gasteiger partial charge in [0, 0.05) is 0 Å². The van der Waals surface area contributed by atoms with E-state index in [0.717, 1.165) is 6.42 Å². The van der Waals surface area contributed by atoms with Crippen molar-refractivity contribution >= 4 is 11.9 Å². The van der Waals surface area contributed by atoms with Gasteiger partial charge in [-0.25, -0.2) is 4.79 Å². The van der Waals surface area contributed by atoms with Gasteiger partial charge in [0.25, 0.3) is 0 Å². The minimum atomic E-state index is -0.814. The Morgan fingerprint density at radius 3 is 2.53 bits per heavy atom. The summed E-state index contributed by atoms with van der Waals surface area (Å²) < 4.78 is 4.63. The molecule has 1 saturated carbocycles. The number of hydrogen-bond acceptors (Lipinski definition) is 3. The van der Waals surface area contributed by atoms with Crippen molar-refractivity contribution in [3.05, 3.63) is 35.4 Å². The van der Waals surface area contributed by atoms with Gasteiger partial charge in [-0.05, 0) is 30.5 Å². The zero-order chi connectivity index (χ0) is 12.5.